The van der Waals surface area contributed by atoms with Gasteiger partial charge in [-0.3, -0.25) is 9.59 Å². The van der Waals surface area contributed by atoms with Gasteiger partial charge in [0, 0.05) is 11.8 Å². The molecule has 4 aliphatic carbocycles. The molecule has 0 heterocycles. The van der Waals surface area contributed by atoms with E-state index in [1.165, 1.54) is 25.7 Å². The Hall–Kier alpha value is -0.860. The van der Waals surface area contributed by atoms with Crippen LogP contribution in [0.2, 0.25) is 0 Å². The van der Waals surface area contributed by atoms with Crippen LogP contribution in [0.4, 0.5) is 0 Å². The first-order valence-corrected chi connectivity index (χ1v) is 11.3. The molecule has 0 bridgehead atoms. The van der Waals surface area contributed by atoms with Crippen molar-refractivity contribution < 1.29 is 14.3 Å². The van der Waals surface area contributed by atoms with Gasteiger partial charge < -0.3 is 4.74 Å². The second-order valence-electron chi connectivity index (χ2n) is 11.6. The van der Waals surface area contributed by atoms with Crippen molar-refractivity contribution in [2.24, 2.45) is 39.9 Å². The van der Waals surface area contributed by atoms with Crippen LogP contribution in [0.5, 0.6) is 0 Å². The predicted molar refractivity (Wildman–Crippen MR) is 106 cm³/mol. The zero-order valence-corrected chi connectivity index (χ0v) is 18.0. The van der Waals surface area contributed by atoms with Crippen molar-refractivity contribution in [1.29, 1.82) is 0 Å². The monoisotopic (exact) mass is 374 g/mol. The Morgan fingerprint density at radius 2 is 1.74 bits per heavy atom. The van der Waals surface area contributed by atoms with E-state index in [1.54, 1.807) is 0 Å². The van der Waals surface area contributed by atoms with Crippen LogP contribution >= 0.6 is 0 Å². The minimum Gasteiger partial charge on any atom is -0.462 e. The summed E-state index contributed by atoms with van der Waals surface area (Å²) in [4.78, 5) is 24.9. The summed E-state index contributed by atoms with van der Waals surface area (Å²) in [5.41, 5.74) is -0.0639. The van der Waals surface area contributed by atoms with Crippen molar-refractivity contribution in [1.82, 2.24) is 0 Å². The maximum atomic E-state index is 12.5. The number of fused-ring (bicyclic) bond motifs is 5. The number of carbonyl (C=O) groups excluding carboxylic acids is 2. The second kappa shape index (κ2) is 6.32. The van der Waals surface area contributed by atoms with E-state index in [2.05, 4.69) is 13.8 Å². The van der Waals surface area contributed by atoms with Crippen LogP contribution in [0.25, 0.3) is 0 Å². The molecule has 4 fully saturated rings. The molecule has 0 aliphatic heterocycles. The Morgan fingerprint density at radius 1 is 1.00 bits per heavy atom. The molecule has 0 aromatic carbocycles. The lowest BCUT2D eigenvalue weighted by atomic mass is 9.45. The summed E-state index contributed by atoms with van der Waals surface area (Å²) in [7, 11) is 0. The highest BCUT2D eigenvalue weighted by Crippen LogP contribution is 2.65. The second-order valence-corrected chi connectivity index (χ2v) is 11.6. The maximum Gasteiger partial charge on any atom is 0.311 e. The van der Waals surface area contributed by atoms with Crippen molar-refractivity contribution in [3.63, 3.8) is 0 Å². The van der Waals surface area contributed by atoms with Gasteiger partial charge >= 0.3 is 5.97 Å². The molecule has 0 radical (unpaired) electrons. The summed E-state index contributed by atoms with van der Waals surface area (Å²) >= 11 is 0. The molecule has 27 heavy (non-hydrogen) atoms. The summed E-state index contributed by atoms with van der Waals surface area (Å²) in [6, 6.07) is 0. The van der Waals surface area contributed by atoms with Crippen LogP contribution in [-0.4, -0.2) is 17.9 Å². The molecule has 0 spiro atoms. The number of hydrogen-bond acceptors (Lipinski definition) is 3. The van der Waals surface area contributed by atoms with Crippen LogP contribution in [0.3, 0.4) is 0 Å². The van der Waals surface area contributed by atoms with Crippen LogP contribution < -0.4 is 0 Å². The Labute approximate surface area is 165 Å². The van der Waals surface area contributed by atoms with Gasteiger partial charge in [-0.1, -0.05) is 13.8 Å². The average Bonchev–Trinajstić information content (AvgIpc) is 2.89. The van der Waals surface area contributed by atoms with Gasteiger partial charge in [-0.25, -0.2) is 0 Å². The smallest absolute Gasteiger partial charge is 0.311 e. The first-order chi connectivity index (χ1) is 12.6. The number of Topliss-reactive ketones (excluding diaryl/α,β-unsaturated/α-hetero) is 1. The number of ether oxygens (including phenoxy) is 1. The van der Waals surface area contributed by atoms with Crippen molar-refractivity contribution in [3.8, 4) is 0 Å². The number of rotatable bonds is 1. The molecular formula is C24H38O3. The van der Waals surface area contributed by atoms with Crippen molar-refractivity contribution in [3.05, 3.63) is 0 Å². The molecule has 0 aromatic heterocycles. The average molecular weight is 375 g/mol. The van der Waals surface area contributed by atoms with Crippen molar-refractivity contribution in [2.45, 2.75) is 98.5 Å². The minimum atomic E-state index is -0.415. The first-order valence-electron chi connectivity index (χ1n) is 11.3. The highest BCUT2D eigenvalue weighted by molar-refractivity contribution is 5.87. The van der Waals surface area contributed by atoms with Gasteiger partial charge in [0.05, 0.1) is 5.41 Å². The summed E-state index contributed by atoms with van der Waals surface area (Å²) in [5.74, 6) is 3.29. The van der Waals surface area contributed by atoms with E-state index in [4.69, 9.17) is 4.74 Å². The predicted octanol–water partition coefficient (Wildman–Crippen LogP) is 5.56. The molecule has 152 valence electrons. The number of ketones is 1. The zero-order chi connectivity index (χ0) is 19.6. The third-order valence-corrected chi connectivity index (χ3v) is 9.21. The highest BCUT2D eigenvalue weighted by Gasteiger charge is 2.60. The molecule has 7 atom stereocenters. The minimum absolute atomic E-state index is 0.0240. The molecule has 4 saturated carbocycles. The van der Waals surface area contributed by atoms with E-state index in [-0.39, 0.29) is 17.5 Å². The van der Waals surface area contributed by atoms with Gasteiger partial charge in [0.25, 0.3) is 0 Å². The van der Waals surface area contributed by atoms with E-state index in [0.29, 0.717) is 23.0 Å². The van der Waals surface area contributed by atoms with Crippen LogP contribution in [0.1, 0.15) is 92.4 Å². The SMILES string of the molecule is CC(C)(C)C(=O)O[C@H]1CC[C@@]2(C)[C@@H](CC[C@@H]3[C@@H]2CC[C@]2(C)C(=O)CC[C@@H]32)C1. The number of esters is 1. The van der Waals surface area contributed by atoms with Crippen LogP contribution in [-0.2, 0) is 14.3 Å². The van der Waals surface area contributed by atoms with Gasteiger partial charge in [-0.05, 0) is 101 Å². The molecule has 3 nitrogen and oxygen atoms in total. The summed E-state index contributed by atoms with van der Waals surface area (Å²) in [5, 5.41) is 0. The quantitative estimate of drug-likeness (QED) is 0.565. The number of carbonyl (C=O) groups is 2. The molecule has 0 amide bonds. The van der Waals surface area contributed by atoms with Gasteiger partial charge in [0.1, 0.15) is 11.9 Å². The highest BCUT2D eigenvalue weighted by atomic mass is 16.5. The topological polar surface area (TPSA) is 43.4 Å². The van der Waals surface area contributed by atoms with E-state index in [9.17, 15) is 9.59 Å². The lowest BCUT2D eigenvalue weighted by Gasteiger charge is -2.60. The molecule has 4 rings (SSSR count). The summed E-state index contributed by atoms with van der Waals surface area (Å²) in [6.07, 6.45) is 10.1. The molecule has 0 aromatic rings. The largest absolute Gasteiger partial charge is 0.462 e. The third-order valence-electron chi connectivity index (χ3n) is 9.21. The molecule has 3 heteroatoms. The fraction of sp³-hybridized carbons (Fsp3) is 0.917. The fourth-order valence-corrected chi connectivity index (χ4v) is 7.42. The normalized spacial score (nSPS) is 47.0. The lowest BCUT2D eigenvalue weighted by molar-refractivity contribution is -0.170. The Morgan fingerprint density at radius 3 is 2.44 bits per heavy atom. The van der Waals surface area contributed by atoms with Gasteiger partial charge in [0.15, 0.2) is 0 Å². The summed E-state index contributed by atoms with van der Waals surface area (Å²) < 4.78 is 5.90. The molecular weight excluding hydrogens is 336 g/mol. The number of hydrogen-bond donors (Lipinski definition) is 0. The van der Waals surface area contributed by atoms with E-state index < -0.39 is 5.41 Å². The van der Waals surface area contributed by atoms with E-state index in [1.807, 2.05) is 20.8 Å². The molecule has 0 saturated heterocycles. The standard InChI is InChI=1S/C24H38O3/c1-22(2,3)21(26)27-16-10-12-23(4)15(14-16)6-7-17-18-8-9-20(25)24(18,5)13-11-19(17)23/h15-19H,6-14H2,1-5H3/t15-,16-,17-,18-,19-,23-,24-/m0/s1. The van der Waals surface area contributed by atoms with Crippen molar-refractivity contribution in [2.75, 3.05) is 0 Å². The van der Waals surface area contributed by atoms with Crippen LogP contribution in [0, 0.1) is 39.9 Å². The Kier molecular flexibility index (Phi) is 4.56. The first kappa shape index (κ1) is 19.5. The Bertz CT molecular complexity index is 632. The Balaban J connectivity index is 1.48. The van der Waals surface area contributed by atoms with Crippen LogP contribution in [0.15, 0.2) is 0 Å². The van der Waals surface area contributed by atoms with Crippen molar-refractivity contribution >= 4 is 11.8 Å². The zero-order valence-electron chi connectivity index (χ0n) is 18.0. The summed E-state index contributed by atoms with van der Waals surface area (Å²) in [6.45, 7) is 10.6. The van der Waals surface area contributed by atoms with Gasteiger partial charge in [-0.2, -0.15) is 0 Å². The third kappa shape index (κ3) is 2.99. The molecule has 0 N–H and O–H groups in total. The molecule has 4 aliphatic rings. The van der Waals surface area contributed by atoms with E-state index >= 15 is 0 Å². The van der Waals surface area contributed by atoms with Gasteiger partial charge in [-0.15, -0.1) is 0 Å². The van der Waals surface area contributed by atoms with E-state index in [0.717, 1.165) is 43.9 Å². The lowest BCUT2D eigenvalue weighted by Crippen LogP contribution is -2.54. The van der Waals surface area contributed by atoms with Gasteiger partial charge in [0.2, 0.25) is 0 Å². The maximum absolute atomic E-state index is 12.5. The molecule has 0 unspecified atom stereocenters. The fourth-order valence-electron chi connectivity index (χ4n) is 7.42.